The molecule has 0 atom stereocenters. The molecule has 1 aromatic carbocycles. The van der Waals surface area contributed by atoms with E-state index in [0.717, 1.165) is 4.31 Å². The van der Waals surface area contributed by atoms with Crippen LogP contribution in [0, 0.1) is 0 Å². The molecule has 0 radical (unpaired) electrons. The first-order chi connectivity index (χ1) is 9.67. The third kappa shape index (κ3) is 3.52. The number of hydrogen-bond acceptors (Lipinski definition) is 5. The molecule has 0 aliphatic carbocycles. The van der Waals surface area contributed by atoms with E-state index >= 15 is 0 Å². The molecule has 1 heterocycles. The monoisotopic (exact) mass is 373 g/mol. The van der Waals surface area contributed by atoms with Crippen molar-refractivity contribution in [2.75, 3.05) is 24.6 Å². The molecule has 0 unspecified atom stereocenters. The zero-order valence-electron chi connectivity index (χ0n) is 10.8. The maximum atomic E-state index is 12.5. The van der Waals surface area contributed by atoms with Gasteiger partial charge < -0.3 is 5.11 Å². The molecule has 0 amide bonds. The lowest BCUT2D eigenvalue weighted by Crippen LogP contribution is -2.43. The Balaban J connectivity index is 2.43. The van der Waals surface area contributed by atoms with Crippen molar-refractivity contribution >= 4 is 43.1 Å². The molecule has 1 aliphatic rings. The number of hydrogen-bond donors (Lipinski definition) is 1. The van der Waals surface area contributed by atoms with Crippen molar-refractivity contribution in [3.8, 4) is 0 Å². The summed E-state index contributed by atoms with van der Waals surface area (Å²) < 4.78 is 48.9. The maximum absolute atomic E-state index is 12.5. The lowest BCUT2D eigenvalue weighted by atomic mass is 10.2. The quantitative estimate of drug-likeness (QED) is 0.849. The van der Waals surface area contributed by atoms with E-state index in [0.29, 0.717) is 0 Å². The van der Waals surface area contributed by atoms with Crippen LogP contribution in [0.15, 0.2) is 17.0 Å². The number of sulfonamides is 1. The molecule has 0 saturated carbocycles. The molecule has 0 aromatic heterocycles. The van der Waals surface area contributed by atoms with E-state index in [1.807, 2.05) is 0 Å². The first-order valence-corrected chi connectivity index (χ1v) is 9.98. The Morgan fingerprint density at radius 2 is 1.76 bits per heavy atom. The number of aliphatic hydroxyl groups is 1. The summed E-state index contributed by atoms with van der Waals surface area (Å²) in [5.41, 5.74) is 0.201. The second-order valence-electron chi connectivity index (χ2n) is 4.59. The molecule has 0 spiro atoms. The van der Waals surface area contributed by atoms with Gasteiger partial charge in [-0.15, -0.1) is 0 Å². The normalized spacial score (nSPS) is 19.6. The largest absolute Gasteiger partial charge is 0.392 e. The first kappa shape index (κ1) is 17.0. The molecule has 1 aromatic rings. The molecular formula is C11H13Cl2NO5S2. The van der Waals surface area contributed by atoms with Crippen molar-refractivity contribution < 1.29 is 21.9 Å². The number of sulfone groups is 1. The molecule has 10 heteroatoms. The van der Waals surface area contributed by atoms with Gasteiger partial charge in [0.15, 0.2) is 9.84 Å². The predicted molar refractivity (Wildman–Crippen MR) is 79.8 cm³/mol. The molecule has 1 saturated heterocycles. The fraction of sp³-hybridized carbons (Fsp3) is 0.455. The van der Waals surface area contributed by atoms with E-state index < -0.39 is 26.5 Å². The van der Waals surface area contributed by atoms with Gasteiger partial charge in [0.1, 0.15) is 4.90 Å². The Hall–Kier alpha value is -0.380. The standard InChI is InChI=1S/C11H13Cl2NO5S2/c12-9-5-8(7-15)11(13)10(6-9)21(18,19)14-1-3-20(16,17)4-2-14/h5-6,15H,1-4,7H2. The van der Waals surface area contributed by atoms with Crippen LogP contribution < -0.4 is 0 Å². The van der Waals surface area contributed by atoms with Gasteiger partial charge in [0.2, 0.25) is 10.0 Å². The van der Waals surface area contributed by atoms with Crippen LogP contribution in [0.4, 0.5) is 0 Å². The minimum atomic E-state index is -3.96. The summed E-state index contributed by atoms with van der Waals surface area (Å²) in [5.74, 6) is -0.450. The van der Waals surface area contributed by atoms with Crippen molar-refractivity contribution in [3.05, 3.63) is 27.7 Å². The first-order valence-electron chi connectivity index (χ1n) is 5.97. The lowest BCUT2D eigenvalue weighted by Gasteiger charge is -2.26. The van der Waals surface area contributed by atoms with Gasteiger partial charge in [-0.05, 0) is 17.7 Å². The molecule has 1 fully saturated rings. The number of benzene rings is 1. The predicted octanol–water partition coefficient (Wildman–Crippen LogP) is 0.905. The minimum Gasteiger partial charge on any atom is -0.392 e. The summed E-state index contributed by atoms with van der Waals surface area (Å²) in [7, 11) is -7.15. The zero-order valence-corrected chi connectivity index (χ0v) is 13.9. The Kier molecular flexibility index (Phi) is 4.87. The fourth-order valence-corrected chi connectivity index (χ4v) is 5.77. The van der Waals surface area contributed by atoms with E-state index in [2.05, 4.69) is 0 Å². The second-order valence-corrected chi connectivity index (χ2v) is 9.62. The lowest BCUT2D eigenvalue weighted by molar-refractivity contribution is 0.281. The highest BCUT2D eigenvalue weighted by Crippen LogP contribution is 2.32. The molecule has 6 nitrogen and oxygen atoms in total. The van der Waals surface area contributed by atoms with E-state index in [9.17, 15) is 21.9 Å². The van der Waals surface area contributed by atoms with E-state index in [4.69, 9.17) is 23.2 Å². The summed E-state index contributed by atoms with van der Waals surface area (Å²) >= 11 is 11.8. The summed E-state index contributed by atoms with van der Waals surface area (Å²) in [6.07, 6.45) is 0. The minimum absolute atomic E-state index is 0.102. The van der Waals surface area contributed by atoms with Gasteiger partial charge in [0.05, 0.1) is 23.1 Å². The highest BCUT2D eigenvalue weighted by atomic mass is 35.5. The Labute approximate surface area is 133 Å². The molecule has 2 rings (SSSR count). The third-order valence-corrected chi connectivity index (χ3v) is 7.48. The van der Waals surface area contributed by atoms with Crippen molar-refractivity contribution in [2.24, 2.45) is 0 Å². The van der Waals surface area contributed by atoms with Gasteiger partial charge in [-0.25, -0.2) is 16.8 Å². The van der Waals surface area contributed by atoms with Crippen LogP contribution in [0.5, 0.6) is 0 Å². The number of nitrogens with zero attached hydrogens (tertiary/aromatic N) is 1. The van der Waals surface area contributed by atoms with Crippen molar-refractivity contribution in [2.45, 2.75) is 11.5 Å². The summed E-state index contributed by atoms with van der Waals surface area (Å²) in [4.78, 5) is -0.222. The topological polar surface area (TPSA) is 91.8 Å². The second kappa shape index (κ2) is 6.02. The van der Waals surface area contributed by atoms with Gasteiger partial charge in [-0.2, -0.15) is 4.31 Å². The van der Waals surface area contributed by atoms with Crippen LogP contribution in [0.3, 0.4) is 0 Å². The highest BCUT2D eigenvalue weighted by Gasteiger charge is 2.33. The molecule has 1 aliphatic heterocycles. The van der Waals surface area contributed by atoms with Crippen LogP contribution in [-0.2, 0) is 26.5 Å². The van der Waals surface area contributed by atoms with E-state index in [1.54, 1.807) is 0 Å². The fourth-order valence-electron chi connectivity index (χ4n) is 2.00. The van der Waals surface area contributed by atoms with Crippen LogP contribution in [-0.4, -0.2) is 50.8 Å². The summed E-state index contributed by atoms with van der Waals surface area (Å²) in [6.45, 7) is -0.694. The van der Waals surface area contributed by atoms with Crippen molar-refractivity contribution in [1.82, 2.24) is 4.31 Å². The molecule has 0 bridgehead atoms. The molecular weight excluding hydrogens is 361 g/mol. The molecule has 118 valence electrons. The van der Waals surface area contributed by atoms with Crippen molar-refractivity contribution in [1.29, 1.82) is 0 Å². The maximum Gasteiger partial charge on any atom is 0.244 e. The van der Waals surface area contributed by atoms with Crippen LogP contribution in [0.25, 0.3) is 0 Å². The molecule has 1 N–H and O–H groups in total. The zero-order chi connectivity index (χ0) is 15.8. The number of aliphatic hydroxyl groups excluding tert-OH is 1. The Bertz CT molecular complexity index is 747. The third-order valence-electron chi connectivity index (χ3n) is 3.17. The average Bonchev–Trinajstić information content (AvgIpc) is 2.40. The van der Waals surface area contributed by atoms with Gasteiger partial charge in [0.25, 0.3) is 0 Å². The summed E-state index contributed by atoms with van der Waals surface area (Å²) in [5, 5.41) is 9.21. The van der Waals surface area contributed by atoms with Gasteiger partial charge in [-0.3, -0.25) is 0 Å². The SMILES string of the molecule is O=S1(=O)CCN(S(=O)(=O)c2cc(Cl)cc(CO)c2Cl)CC1. The Morgan fingerprint density at radius 3 is 2.29 bits per heavy atom. The summed E-state index contributed by atoms with van der Waals surface area (Å²) in [6, 6.07) is 2.57. The number of rotatable bonds is 3. The van der Waals surface area contributed by atoms with Gasteiger partial charge in [0, 0.05) is 18.1 Å². The van der Waals surface area contributed by atoms with Crippen LogP contribution >= 0.6 is 23.2 Å². The number of halogens is 2. The molecule has 21 heavy (non-hydrogen) atoms. The van der Waals surface area contributed by atoms with Crippen LogP contribution in [0.1, 0.15) is 5.56 Å². The van der Waals surface area contributed by atoms with Gasteiger partial charge >= 0.3 is 0 Å². The van der Waals surface area contributed by atoms with Crippen LogP contribution in [0.2, 0.25) is 10.0 Å². The van der Waals surface area contributed by atoms with E-state index in [-0.39, 0.29) is 45.1 Å². The van der Waals surface area contributed by atoms with E-state index in [1.165, 1.54) is 12.1 Å². The average molecular weight is 374 g/mol. The van der Waals surface area contributed by atoms with Gasteiger partial charge in [-0.1, -0.05) is 23.2 Å². The Morgan fingerprint density at radius 1 is 1.19 bits per heavy atom. The smallest absolute Gasteiger partial charge is 0.244 e. The van der Waals surface area contributed by atoms with Crippen molar-refractivity contribution in [3.63, 3.8) is 0 Å². The highest BCUT2D eigenvalue weighted by molar-refractivity contribution is 7.92.